The summed E-state index contributed by atoms with van der Waals surface area (Å²) in [6, 6.07) is 1.74. The first-order valence-electron chi connectivity index (χ1n) is 8.49. The summed E-state index contributed by atoms with van der Waals surface area (Å²) in [4.78, 5) is 2.91. The van der Waals surface area contributed by atoms with Crippen molar-refractivity contribution in [2.45, 2.75) is 90.1 Å². The lowest BCUT2D eigenvalue weighted by Crippen LogP contribution is -2.49. The van der Waals surface area contributed by atoms with Crippen LogP contribution in [0.1, 0.15) is 78.1 Å². The summed E-state index contributed by atoms with van der Waals surface area (Å²) in [6.07, 6.45) is 14.5. The molecular weight excluding hydrogens is 250 g/mol. The van der Waals surface area contributed by atoms with E-state index in [4.69, 9.17) is 0 Å². The summed E-state index contributed by atoms with van der Waals surface area (Å²) in [5.74, 6) is 1.00. The Morgan fingerprint density at radius 3 is 1.63 bits per heavy atom. The fraction of sp³-hybridized carbons (Fsp3) is 1.00. The van der Waals surface area contributed by atoms with Crippen molar-refractivity contribution in [3.05, 3.63) is 0 Å². The zero-order chi connectivity index (χ0) is 13.7. The van der Waals surface area contributed by atoms with Crippen LogP contribution in [0.4, 0.5) is 0 Å². The monoisotopic (exact) mass is 283 g/mol. The number of hydrogen-bond donors (Lipinski definition) is 1. The van der Waals surface area contributed by atoms with Gasteiger partial charge in [0.15, 0.2) is 0 Å². The van der Waals surface area contributed by atoms with Crippen molar-refractivity contribution in [2.75, 3.05) is 12.3 Å². The van der Waals surface area contributed by atoms with E-state index >= 15 is 0 Å². The van der Waals surface area contributed by atoms with E-state index in [0.29, 0.717) is 5.41 Å². The Labute approximate surface area is 125 Å². The first-order chi connectivity index (χ1) is 9.12. The van der Waals surface area contributed by atoms with Crippen molar-refractivity contribution >= 4 is 12.6 Å². The highest BCUT2D eigenvalue weighted by molar-refractivity contribution is 7.80. The van der Waals surface area contributed by atoms with E-state index in [1.54, 1.807) is 0 Å². The molecule has 2 fully saturated rings. The zero-order valence-electron chi connectivity index (χ0n) is 13.0. The summed E-state index contributed by atoms with van der Waals surface area (Å²) in [5, 5.41) is 0. The van der Waals surface area contributed by atoms with Gasteiger partial charge in [-0.1, -0.05) is 52.4 Å². The van der Waals surface area contributed by atoms with Crippen molar-refractivity contribution in [1.82, 2.24) is 4.90 Å². The predicted octanol–water partition coefficient (Wildman–Crippen LogP) is 4.91. The molecule has 112 valence electrons. The molecule has 2 aliphatic rings. The van der Waals surface area contributed by atoms with E-state index in [1.807, 2.05) is 0 Å². The normalized spacial score (nSPS) is 24.0. The van der Waals surface area contributed by atoms with E-state index in [2.05, 4.69) is 31.4 Å². The van der Waals surface area contributed by atoms with Crippen LogP contribution >= 0.6 is 12.6 Å². The SMILES string of the molecule is CC(C)(CS)CN(C1CCCCC1)C1CCCCC1. The molecule has 1 nitrogen and oxygen atoms in total. The van der Waals surface area contributed by atoms with E-state index in [0.717, 1.165) is 17.8 Å². The van der Waals surface area contributed by atoms with Gasteiger partial charge < -0.3 is 0 Å². The lowest BCUT2D eigenvalue weighted by molar-refractivity contribution is 0.0501. The minimum Gasteiger partial charge on any atom is -0.297 e. The van der Waals surface area contributed by atoms with E-state index < -0.39 is 0 Å². The molecule has 0 heterocycles. The first-order valence-corrected chi connectivity index (χ1v) is 9.12. The van der Waals surface area contributed by atoms with Crippen LogP contribution in [0.3, 0.4) is 0 Å². The van der Waals surface area contributed by atoms with Gasteiger partial charge in [0, 0.05) is 18.6 Å². The molecule has 19 heavy (non-hydrogen) atoms. The van der Waals surface area contributed by atoms with Crippen LogP contribution in [-0.2, 0) is 0 Å². The second-order valence-electron chi connectivity index (χ2n) is 7.58. The van der Waals surface area contributed by atoms with Gasteiger partial charge in [0.1, 0.15) is 0 Å². The number of thiol groups is 1. The van der Waals surface area contributed by atoms with E-state index in [9.17, 15) is 0 Å². The van der Waals surface area contributed by atoms with Crippen molar-refractivity contribution in [1.29, 1.82) is 0 Å². The molecular formula is C17H33NS. The second kappa shape index (κ2) is 7.36. The van der Waals surface area contributed by atoms with E-state index in [1.165, 1.54) is 70.8 Å². The Hall–Kier alpha value is 0.310. The average Bonchev–Trinajstić information content (AvgIpc) is 2.47. The molecule has 0 radical (unpaired) electrons. The fourth-order valence-corrected chi connectivity index (χ4v) is 4.03. The summed E-state index contributed by atoms with van der Waals surface area (Å²) in [7, 11) is 0. The third-order valence-electron chi connectivity index (χ3n) is 5.13. The summed E-state index contributed by atoms with van der Waals surface area (Å²) in [6.45, 7) is 6.03. The van der Waals surface area contributed by atoms with Crippen LogP contribution in [0.15, 0.2) is 0 Å². The van der Waals surface area contributed by atoms with Crippen LogP contribution in [0.25, 0.3) is 0 Å². The average molecular weight is 284 g/mol. The molecule has 0 saturated heterocycles. The van der Waals surface area contributed by atoms with Crippen LogP contribution in [-0.4, -0.2) is 29.3 Å². The minimum atomic E-state index is 0.359. The largest absolute Gasteiger partial charge is 0.297 e. The molecule has 0 aliphatic heterocycles. The lowest BCUT2D eigenvalue weighted by atomic mass is 9.85. The number of hydrogen-bond acceptors (Lipinski definition) is 2. The Morgan fingerprint density at radius 2 is 1.26 bits per heavy atom. The van der Waals surface area contributed by atoms with Gasteiger partial charge in [-0.25, -0.2) is 0 Å². The minimum absolute atomic E-state index is 0.359. The highest BCUT2D eigenvalue weighted by Gasteiger charge is 2.32. The maximum atomic E-state index is 4.58. The molecule has 0 bridgehead atoms. The second-order valence-corrected chi connectivity index (χ2v) is 7.89. The lowest BCUT2D eigenvalue weighted by Gasteiger charge is -2.45. The van der Waals surface area contributed by atoms with Crippen LogP contribution in [0.2, 0.25) is 0 Å². The van der Waals surface area contributed by atoms with Gasteiger partial charge in [-0.05, 0) is 36.9 Å². The van der Waals surface area contributed by atoms with Crippen molar-refractivity contribution in [2.24, 2.45) is 5.41 Å². The fourth-order valence-electron chi connectivity index (χ4n) is 3.93. The molecule has 2 saturated carbocycles. The third-order valence-corrected chi connectivity index (χ3v) is 5.98. The molecule has 0 amide bonds. The molecule has 0 unspecified atom stereocenters. The summed E-state index contributed by atoms with van der Waals surface area (Å²) < 4.78 is 0. The Balaban J connectivity index is 2.02. The van der Waals surface area contributed by atoms with Crippen molar-refractivity contribution in [3.63, 3.8) is 0 Å². The zero-order valence-corrected chi connectivity index (χ0v) is 13.9. The van der Waals surface area contributed by atoms with Gasteiger partial charge in [0.05, 0.1) is 0 Å². The third kappa shape index (κ3) is 4.67. The molecule has 0 N–H and O–H groups in total. The number of rotatable bonds is 5. The summed E-state index contributed by atoms with van der Waals surface area (Å²) in [5.41, 5.74) is 0.359. The highest BCUT2D eigenvalue weighted by atomic mass is 32.1. The van der Waals surface area contributed by atoms with Crippen LogP contribution in [0, 0.1) is 5.41 Å². The van der Waals surface area contributed by atoms with Crippen LogP contribution in [0.5, 0.6) is 0 Å². The molecule has 0 spiro atoms. The summed E-state index contributed by atoms with van der Waals surface area (Å²) >= 11 is 4.58. The topological polar surface area (TPSA) is 3.24 Å². The van der Waals surface area contributed by atoms with Gasteiger partial charge in [0.25, 0.3) is 0 Å². The highest BCUT2D eigenvalue weighted by Crippen LogP contribution is 2.33. The van der Waals surface area contributed by atoms with Gasteiger partial charge in [-0.3, -0.25) is 4.90 Å². The molecule has 2 aliphatic carbocycles. The Bertz CT molecular complexity index is 234. The molecule has 0 aromatic heterocycles. The quantitative estimate of drug-likeness (QED) is 0.702. The van der Waals surface area contributed by atoms with Crippen LogP contribution < -0.4 is 0 Å². The van der Waals surface area contributed by atoms with Gasteiger partial charge >= 0.3 is 0 Å². The van der Waals surface area contributed by atoms with E-state index in [-0.39, 0.29) is 0 Å². The van der Waals surface area contributed by atoms with Crippen molar-refractivity contribution < 1.29 is 0 Å². The Kier molecular flexibility index (Phi) is 6.08. The molecule has 0 aromatic carbocycles. The maximum Gasteiger partial charge on any atom is 0.00984 e. The maximum absolute atomic E-state index is 4.58. The van der Waals surface area contributed by atoms with Gasteiger partial charge in [0.2, 0.25) is 0 Å². The first kappa shape index (κ1) is 15.7. The smallest absolute Gasteiger partial charge is 0.00984 e. The van der Waals surface area contributed by atoms with Crippen molar-refractivity contribution in [3.8, 4) is 0 Å². The number of nitrogens with zero attached hydrogens (tertiary/aromatic N) is 1. The predicted molar refractivity (Wildman–Crippen MR) is 88.1 cm³/mol. The van der Waals surface area contributed by atoms with Gasteiger partial charge in [-0.2, -0.15) is 12.6 Å². The molecule has 0 atom stereocenters. The molecule has 2 rings (SSSR count). The standard InChI is InChI=1S/C17H33NS/c1-17(2,14-19)13-18(15-9-5-3-6-10-15)16-11-7-4-8-12-16/h15-16,19H,3-14H2,1-2H3. The Morgan fingerprint density at radius 1 is 0.842 bits per heavy atom. The molecule has 0 aromatic rings. The molecule has 2 heteroatoms. The van der Waals surface area contributed by atoms with Gasteiger partial charge in [-0.15, -0.1) is 0 Å².